The molecule has 0 unspecified atom stereocenters. The minimum Gasteiger partial charge on any atom is -0.349 e. The standard InChI is InChI=1S/C23H28N2O3S/c1-14-8-15(2)10-20(9-14)25-29(27,28)22-13-19(6-4-16(22)3)23(26)24-21-12-17-5-7-18(21)11-17/h4,6,8-10,13,17-18,21,25H,5,7,11-12H2,1-3H3,(H,24,26)/t17-,18-,21+/m0/s1. The molecule has 2 aliphatic carbocycles. The van der Waals surface area contributed by atoms with Crippen molar-refractivity contribution in [3.8, 4) is 0 Å². The molecule has 29 heavy (non-hydrogen) atoms. The first-order chi connectivity index (χ1) is 13.7. The topological polar surface area (TPSA) is 75.3 Å². The number of carbonyl (C=O) groups is 1. The second-order valence-corrected chi connectivity index (χ2v) is 10.4. The van der Waals surface area contributed by atoms with Gasteiger partial charge in [-0.2, -0.15) is 0 Å². The van der Waals surface area contributed by atoms with E-state index in [9.17, 15) is 13.2 Å². The van der Waals surface area contributed by atoms with E-state index in [0.29, 0.717) is 22.7 Å². The summed E-state index contributed by atoms with van der Waals surface area (Å²) >= 11 is 0. The zero-order chi connectivity index (χ0) is 20.8. The average Bonchev–Trinajstić information content (AvgIpc) is 3.23. The molecule has 0 saturated heterocycles. The highest BCUT2D eigenvalue weighted by atomic mass is 32.2. The van der Waals surface area contributed by atoms with Crippen LogP contribution >= 0.6 is 0 Å². The van der Waals surface area contributed by atoms with Crippen LogP contribution in [-0.4, -0.2) is 20.4 Å². The summed E-state index contributed by atoms with van der Waals surface area (Å²) in [4.78, 5) is 12.9. The molecule has 0 aromatic heterocycles. The number of anilines is 1. The lowest BCUT2D eigenvalue weighted by molar-refractivity contribution is 0.0922. The molecule has 3 atom stereocenters. The number of hydrogen-bond acceptors (Lipinski definition) is 3. The number of amides is 1. The highest BCUT2D eigenvalue weighted by Gasteiger charge is 2.40. The van der Waals surface area contributed by atoms with Gasteiger partial charge in [0.25, 0.3) is 15.9 Å². The first-order valence-corrected chi connectivity index (χ1v) is 11.7. The summed E-state index contributed by atoms with van der Waals surface area (Å²) < 4.78 is 28.7. The van der Waals surface area contributed by atoms with Crippen LogP contribution in [0.1, 0.15) is 52.7 Å². The van der Waals surface area contributed by atoms with Gasteiger partial charge in [0.15, 0.2) is 0 Å². The lowest BCUT2D eigenvalue weighted by atomic mass is 9.95. The van der Waals surface area contributed by atoms with Crippen LogP contribution in [0.25, 0.3) is 0 Å². The van der Waals surface area contributed by atoms with E-state index in [4.69, 9.17) is 0 Å². The zero-order valence-corrected chi connectivity index (χ0v) is 18.0. The van der Waals surface area contributed by atoms with Gasteiger partial charge in [0.2, 0.25) is 0 Å². The van der Waals surface area contributed by atoms with Gasteiger partial charge in [0.1, 0.15) is 0 Å². The van der Waals surface area contributed by atoms with E-state index in [0.717, 1.165) is 23.5 Å². The van der Waals surface area contributed by atoms with Gasteiger partial charge in [-0.3, -0.25) is 9.52 Å². The monoisotopic (exact) mass is 412 g/mol. The number of sulfonamides is 1. The molecule has 2 fully saturated rings. The Labute approximate surface area is 173 Å². The van der Waals surface area contributed by atoms with Gasteiger partial charge in [-0.15, -0.1) is 0 Å². The molecule has 2 N–H and O–H groups in total. The number of benzene rings is 2. The van der Waals surface area contributed by atoms with Crippen LogP contribution in [0.15, 0.2) is 41.3 Å². The first-order valence-electron chi connectivity index (χ1n) is 10.2. The second-order valence-electron chi connectivity index (χ2n) is 8.72. The van der Waals surface area contributed by atoms with E-state index in [1.807, 2.05) is 19.9 Å². The fraction of sp³-hybridized carbons (Fsp3) is 0.435. The predicted octanol–water partition coefficient (Wildman–Crippen LogP) is 4.33. The van der Waals surface area contributed by atoms with Gasteiger partial charge in [-0.25, -0.2) is 8.42 Å². The Morgan fingerprint density at radius 3 is 2.31 bits per heavy atom. The molecule has 0 aliphatic heterocycles. The Hall–Kier alpha value is -2.34. The lowest BCUT2D eigenvalue weighted by Gasteiger charge is -2.23. The SMILES string of the molecule is Cc1cc(C)cc(NS(=O)(=O)c2cc(C(=O)N[C@@H]3C[C@H]4CC[C@H]3C4)ccc2C)c1. The van der Waals surface area contributed by atoms with Crippen molar-refractivity contribution in [3.05, 3.63) is 58.7 Å². The van der Waals surface area contributed by atoms with Gasteiger partial charge in [0, 0.05) is 17.3 Å². The maximum absolute atomic E-state index is 13.0. The molecule has 2 saturated carbocycles. The van der Waals surface area contributed by atoms with Crippen molar-refractivity contribution >= 4 is 21.6 Å². The van der Waals surface area contributed by atoms with Crippen LogP contribution in [0.5, 0.6) is 0 Å². The van der Waals surface area contributed by atoms with Gasteiger partial charge in [0.05, 0.1) is 4.90 Å². The maximum Gasteiger partial charge on any atom is 0.262 e. The van der Waals surface area contributed by atoms with Crippen molar-refractivity contribution in [1.29, 1.82) is 0 Å². The first kappa shape index (κ1) is 20.0. The summed E-state index contributed by atoms with van der Waals surface area (Å²) in [6.07, 6.45) is 4.71. The van der Waals surface area contributed by atoms with Crippen molar-refractivity contribution < 1.29 is 13.2 Å². The normalized spacial score (nSPS) is 23.2. The molecular weight excluding hydrogens is 384 g/mol. The molecule has 0 spiro atoms. The third-order valence-corrected chi connectivity index (χ3v) is 7.79. The minimum atomic E-state index is -3.80. The smallest absolute Gasteiger partial charge is 0.262 e. The van der Waals surface area contributed by atoms with Crippen LogP contribution in [0.4, 0.5) is 5.69 Å². The number of nitrogens with one attached hydrogen (secondary N) is 2. The van der Waals surface area contributed by atoms with Gasteiger partial charge >= 0.3 is 0 Å². The summed E-state index contributed by atoms with van der Waals surface area (Å²) in [7, 11) is -3.80. The Kier molecular flexibility index (Phi) is 5.15. The molecule has 2 bridgehead atoms. The molecule has 2 aliphatic rings. The number of hydrogen-bond donors (Lipinski definition) is 2. The molecule has 1 amide bonds. The van der Waals surface area contributed by atoms with Crippen LogP contribution in [-0.2, 0) is 10.0 Å². The molecule has 4 rings (SSSR count). The van der Waals surface area contributed by atoms with E-state index >= 15 is 0 Å². The minimum absolute atomic E-state index is 0.136. The van der Waals surface area contributed by atoms with E-state index in [1.165, 1.54) is 25.3 Å². The lowest BCUT2D eigenvalue weighted by Crippen LogP contribution is -2.38. The number of fused-ring (bicyclic) bond motifs is 2. The summed E-state index contributed by atoms with van der Waals surface area (Å²) in [5.74, 6) is 1.12. The summed E-state index contributed by atoms with van der Waals surface area (Å²) in [5, 5.41) is 3.14. The highest BCUT2D eigenvalue weighted by molar-refractivity contribution is 7.92. The predicted molar refractivity (Wildman–Crippen MR) is 115 cm³/mol. The van der Waals surface area contributed by atoms with E-state index in [2.05, 4.69) is 10.0 Å². The quantitative estimate of drug-likeness (QED) is 0.767. The van der Waals surface area contributed by atoms with Crippen molar-refractivity contribution in [2.24, 2.45) is 11.8 Å². The highest BCUT2D eigenvalue weighted by Crippen LogP contribution is 2.44. The summed E-state index contributed by atoms with van der Waals surface area (Å²) in [5.41, 5.74) is 3.49. The van der Waals surface area contributed by atoms with Crippen LogP contribution in [0.2, 0.25) is 0 Å². The molecule has 154 valence electrons. The number of carbonyl (C=O) groups excluding carboxylic acids is 1. The number of rotatable bonds is 5. The zero-order valence-electron chi connectivity index (χ0n) is 17.2. The van der Waals surface area contributed by atoms with Gasteiger partial charge in [-0.1, -0.05) is 18.6 Å². The second kappa shape index (κ2) is 7.48. The largest absolute Gasteiger partial charge is 0.349 e. The Morgan fingerprint density at radius 2 is 1.69 bits per heavy atom. The molecular formula is C23H28N2O3S. The van der Waals surface area contributed by atoms with Crippen LogP contribution in [0.3, 0.4) is 0 Å². The molecule has 2 aromatic carbocycles. The van der Waals surface area contributed by atoms with Crippen molar-refractivity contribution in [2.75, 3.05) is 4.72 Å². The third kappa shape index (κ3) is 4.17. The van der Waals surface area contributed by atoms with Gasteiger partial charge < -0.3 is 5.32 Å². The third-order valence-electron chi connectivity index (χ3n) is 6.27. The Balaban J connectivity index is 1.56. The Morgan fingerprint density at radius 1 is 0.966 bits per heavy atom. The molecule has 5 nitrogen and oxygen atoms in total. The molecule has 0 radical (unpaired) electrons. The molecule has 2 aromatic rings. The van der Waals surface area contributed by atoms with E-state index in [1.54, 1.807) is 31.2 Å². The van der Waals surface area contributed by atoms with E-state index < -0.39 is 10.0 Å². The summed E-state index contributed by atoms with van der Waals surface area (Å²) in [6.45, 7) is 5.60. The Bertz CT molecular complexity index is 1040. The van der Waals surface area contributed by atoms with Crippen LogP contribution < -0.4 is 10.0 Å². The van der Waals surface area contributed by atoms with Gasteiger partial charge in [-0.05, 0) is 92.8 Å². The fourth-order valence-electron chi connectivity index (χ4n) is 4.95. The van der Waals surface area contributed by atoms with Crippen molar-refractivity contribution in [1.82, 2.24) is 5.32 Å². The maximum atomic E-state index is 13.0. The molecule has 0 heterocycles. The van der Waals surface area contributed by atoms with Crippen molar-refractivity contribution in [3.63, 3.8) is 0 Å². The summed E-state index contributed by atoms with van der Waals surface area (Å²) in [6, 6.07) is 10.7. The number of aryl methyl sites for hydroxylation is 3. The molecule has 6 heteroatoms. The van der Waals surface area contributed by atoms with Crippen molar-refractivity contribution in [2.45, 2.75) is 57.4 Å². The fourth-order valence-corrected chi connectivity index (χ4v) is 6.26. The van der Waals surface area contributed by atoms with Crippen LogP contribution in [0, 0.1) is 32.6 Å². The average molecular weight is 413 g/mol. The van der Waals surface area contributed by atoms with E-state index in [-0.39, 0.29) is 16.8 Å².